The molecule has 2 rings (SSSR count). The number of phenols is 1. The minimum atomic E-state index is 0.340. The van der Waals surface area contributed by atoms with E-state index in [1.807, 2.05) is 0 Å². The van der Waals surface area contributed by atoms with Crippen LogP contribution in [-0.2, 0) is 0 Å². The molecule has 0 aromatic heterocycles. The number of phenolic OH excluding ortho intramolecular Hbond substituents is 1. The van der Waals surface area contributed by atoms with Gasteiger partial charge in [-0.25, -0.2) is 0 Å². The summed E-state index contributed by atoms with van der Waals surface area (Å²) in [4.78, 5) is 0. The zero-order valence-electron chi connectivity index (χ0n) is 12.6. The molecule has 1 heteroatoms. The molecule has 0 bridgehead atoms. The maximum Gasteiger partial charge on any atom is 0.115 e. The second-order valence-corrected chi connectivity index (χ2v) is 5.53. The summed E-state index contributed by atoms with van der Waals surface area (Å²) in [5, 5.41) is 9.45. The van der Waals surface area contributed by atoms with Crippen molar-refractivity contribution in [3.8, 4) is 5.75 Å². The van der Waals surface area contributed by atoms with E-state index in [0.29, 0.717) is 17.6 Å². The van der Waals surface area contributed by atoms with Gasteiger partial charge in [0.2, 0.25) is 0 Å². The van der Waals surface area contributed by atoms with Crippen molar-refractivity contribution in [1.29, 1.82) is 0 Å². The Morgan fingerprint density at radius 1 is 0.750 bits per heavy atom. The molecular formula is C19H24O. The van der Waals surface area contributed by atoms with Gasteiger partial charge in [0.25, 0.3) is 0 Å². The van der Waals surface area contributed by atoms with Crippen molar-refractivity contribution in [3.05, 3.63) is 65.2 Å². The van der Waals surface area contributed by atoms with Crippen LogP contribution in [-0.4, -0.2) is 5.11 Å². The summed E-state index contributed by atoms with van der Waals surface area (Å²) in [5.41, 5.74) is 4.04. The van der Waals surface area contributed by atoms with E-state index in [1.165, 1.54) is 16.7 Å². The molecule has 0 radical (unpaired) electrons. The average molecular weight is 268 g/mol. The lowest BCUT2D eigenvalue weighted by atomic mass is 9.78. The zero-order valence-corrected chi connectivity index (χ0v) is 12.6. The average Bonchev–Trinajstić information content (AvgIpc) is 2.47. The smallest absolute Gasteiger partial charge is 0.115 e. The highest BCUT2D eigenvalue weighted by Gasteiger charge is 2.21. The predicted molar refractivity (Wildman–Crippen MR) is 85.3 cm³/mol. The molecule has 0 aliphatic rings. The molecule has 0 saturated carbocycles. The second kappa shape index (κ2) is 6.60. The first kappa shape index (κ1) is 14.6. The monoisotopic (exact) mass is 268 g/mol. The van der Waals surface area contributed by atoms with Gasteiger partial charge in [-0.2, -0.15) is 0 Å². The molecule has 0 aliphatic carbocycles. The fraction of sp³-hybridized carbons (Fsp3) is 0.368. The molecular weight excluding hydrogens is 244 g/mol. The number of rotatable bonds is 5. The van der Waals surface area contributed by atoms with E-state index in [4.69, 9.17) is 0 Å². The summed E-state index contributed by atoms with van der Waals surface area (Å²) < 4.78 is 0. The molecule has 106 valence electrons. The summed E-state index contributed by atoms with van der Waals surface area (Å²) >= 11 is 0. The number of hydrogen-bond donors (Lipinski definition) is 1. The quantitative estimate of drug-likeness (QED) is 0.771. The number of benzene rings is 2. The molecule has 1 nitrogen and oxygen atoms in total. The number of aryl methyl sites for hydroxylation is 1. The van der Waals surface area contributed by atoms with E-state index in [1.54, 1.807) is 12.1 Å². The lowest BCUT2D eigenvalue weighted by molar-refractivity contribution is 0.473. The van der Waals surface area contributed by atoms with Gasteiger partial charge in [0.15, 0.2) is 0 Å². The van der Waals surface area contributed by atoms with Crippen molar-refractivity contribution in [2.75, 3.05) is 0 Å². The minimum absolute atomic E-state index is 0.340. The van der Waals surface area contributed by atoms with E-state index in [0.717, 1.165) is 12.8 Å². The lowest BCUT2D eigenvalue weighted by Crippen LogP contribution is -2.10. The van der Waals surface area contributed by atoms with Crippen molar-refractivity contribution in [2.45, 2.75) is 45.4 Å². The van der Waals surface area contributed by atoms with E-state index in [9.17, 15) is 5.11 Å². The van der Waals surface area contributed by atoms with Crippen LogP contribution < -0.4 is 0 Å². The lowest BCUT2D eigenvalue weighted by Gasteiger charge is -2.26. The standard InChI is InChI=1S/C19H24O/c1-4-18(15-8-6-14(3)7-9-15)19(5-2)16-10-12-17(20)13-11-16/h6-13,18-20H,4-5H2,1-3H3/t18-,19+/m1/s1. The van der Waals surface area contributed by atoms with Gasteiger partial charge < -0.3 is 5.11 Å². The van der Waals surface area contributed by atoms with Crippen molar-refractivity contribution in [3.63, 3.8) is 0 Å². The van der Waals surface area contributed by atoms with Crippen LogP contribution in [0.5, 0.6) is 5.75 Å². The van der Waals surface area contributed by atoms with Gasteiger partial charge in [-0.1, -0.05) is 55.8 Å². The highest BCUT2D eigenvalue weighted by atomic mass is 16.3. The van der Waals surface area contributed by atoms with Gasteiger partial charge in [-0.05, 0) is 54.9 Å². The molecule has 1 N–H and O–H groups in total. The Balaban J connectivity index is 2.32. The SMILES string of the molecule is CC[C@H](c1ccc(C)cc1)[C@@H](CC)c1ccc(O)cc1. The molecule has 20 heavy (non-hydrogen) atoms. The van der Waals surface area contributed by atoms with E-state index in [-0.39, 0.29) is 0 Å². The van der Waals surface area contributed by atoms with Gasteiger partial charge in [0.05, 0.1) is 0 Å². The predicted octanol–water partition coefficient (Wildman–Crippen LogP) is 5.39. The second-order valence-electron chi connectivity index (χ2n) is 5.53. The summed E-state index contributed by atoms with van der Waals surface area (Å²) in [7, 11) is 0. The largest absolute Gasteiger partial charge is 0.508 e. The van der Waals surface area contributed by atoms with Gasteiger partial charge in [0.1, 0.15) is 5.75 Å². The Bertz CT molecular complexity index is 473. The number of hydrogen-bond acceptors (Lipinski definition) is 1. The van der Waals surface area contributed by atoms with Crippen LogP contribution in [0.15, 0.2) is 48.5 Å². The molecule has 0 amide bonds. The molecule has 0 fully saturated rings. The first-order chi connectivity index (χ1) is 9.65. The maximum absolute atomic E-state index is 9.45. The summed E-state index contributed by atoms with van der Waals surface area (Å²) in [6, 6.07) is 16.6. The molecule has 2 aromatic rings. The summed E-state index contributed by atoms with van der Waals surface area (Å²) in [6.07, 6.45) is 2.24. The van der Waals surface area contributed by atoms with Gasteiger partial charge in [-0.3, -0.25) is 0 Å². The topological polar surface area (TPSA) is 20.2 Å². The van der Waals surface area contributed by atoms with Gasteiger partial charge in [0, 0.05) is 0 Å². The third kappa shape index (κ3) is 3.22. The highest BCUT2D eigenvalue weighted by molar-refractivity contribution is 5.33. The van der Waals surface area contributed by atoms with Crippen LogP contribution in [0.3, 0.4) is 0 Å². The Morgan fingerprint density at radius 2 is 1.15 bits per heavy atom. The van der Waals surface area contributed by atoms with Crippen LogP contribution in [0.2, 0.25) is 0 Å². The normalized spacial score (nSPS) is 13.9. The van der Waals surface area contributed by atoms with Crippen molar-refractivity contribution < 1.29 is 5.11 Å². The Labute approximate surface area is 122 Å². The molecule has 0 spiro atoms. The van der Waals surface area contributed by atoms with Crippen LogP contribution in [0.25, 0.3) is 0 Å². The zero-order chi connectivity index (χ0) is 14.5. The maximum atomic E-state index is 9.45. The molecule has 0 aliphatic heterocycles. The fourth-order valence-electron chi connectivity index (χ4n) is 3.04. The van der Waals surface area contributed by atoms with Crippen molar-refractivity contribution in [2.24, 2.45) is 0 Å². The van der Waals surface area contributed by atoms with E-state index in [2.05, 4.69) is 57.2 Å². The summed E-state index contributed by atoms with van der Waals surface area (Å²) in [5.74, 6) is 1.38. The summed E-state index contributed by atoms with van der Waals surface area (Å²) in [6.45, 7) is 6.63. The Kier molecular flexibility index (Phi) is 4.84. The fourth-order valence-corrected chi connectivity index (χ4v) is 3.04. The van der Waals surface area contributed by atoms with Crippen molar-refractivity contribution in [1.82, 2.24) is 0 Å². The first-order valence-corrected chi connectivity index (χ1v) is 7.51. The molecule has 0 unspecified atom stereocenters. The molecule has 2 aromatic carbocycles. The molecule has 2 atom stereocenters. The molecule has 0 heterocycles. The van der Waals surface area contributed by atoms with E-state index >= 15 is 0 Å². The van der Waals surface area contributed by atoms with Crippen molar-refractivity contribution >= 4 is 0 Å². The van der Waals surface area contributed by atoms with Crippen LogP contribution in [0, 0.1) is 6.92 Å². The number of aromatic hydroxyl groups is 1. The van der Waals surface area contributed by atoms with Crippen LogP contribution in [0.1, 0.15) is 55.2 Å². The van der Waals surface area contributed by atoms with Crippen LogP contribution in [0.4, 0.5) is 0 Å². The highest BCUT2D eigenvalue weighted by Crippen LogP contribution is 2.38. The van der Waals surface area contributed by atoms with Gasteiger partial charge in [-0.15, -0.1) is 0 Å². The first-order valence-electron chi connectivity index (χ1n) is 7.51. The van der Waals surface area contributed by atoms with E-state index < -0.39 is 0 Å². The third-order valence-electron chi connectivity index (χ3n) is 4.19. The Morgan fingerprint density at radius 3 is 1.55 bits per heavy atom. The Hall–Kier alpha value is -1.76. The van der Waals surface area contributed by atoms with Crippen LogP contribution >= 0.6 is 0 Å². The molecule has 0 saturated heterocycles. The third-order valence-corrected chi connectivity index (χ3v) is 4.19. The minimum Gasteiger partial charge on any atom is -0.508 e. The van der Waals surface area contributed by atoms with Gasteiger partial charge >= 0.3 is 0 Å².